The zero-order valence-corrected chi connectivity index (χ0v) is 15.7. The maximum Gasteiger partial charge on any atom is 0.146 e. The predicted octanol–water partition coefficient (Wildman–Crippen LogP) is 3.73. The van der Waals surface area contributed by atoms with E-state index in [9.17, 15) is 0 Å². The minimum atomic E-state index is -0.130. The second-order valence-corrected chi connectivity index (χ2v) is 7.04. The van der Waals surface area contributed by atoms with Crippen molar-refractivity contribution in [2.24, 2.45) is 0 Å². The zero-order valence-electron chi connectivity index (χ0n) is 13.3. The van der Waals surface area contributed by atoms with Gasteiger partial charge in [-0.05, 0) is 36.4 Å². The fourth-order valence-electron chi connectivity index (χ4n) is 2.59. The number of halogens is 2. The molecule has 0 spiro atoms. The highest BCUT2D eigenvalue weighted by Crippen LogP contribution is 2.26. The van der Waals surface area contributed by atoms with E-state index in [1.165, 1.54) is 0 Å². The first kappa shape index (κ1) is 18.3. The molecule has 0 bridgehead atoms. The molecule has 1 fully saturated rings. The highest BCUT2D eigenvalue weighted by molar-refractivity contribution is 7.77. The average Bonchev–Trinajstić information content (AvgIpc) is 2.61. The van der Waals surface area contributed by atoms with Crippen molar-refractivity contribution in [3.63, 3.8) is 0 Å². The van der Waals surface area contributed by atoms with Gasteiger partial charge < -0.3 is 5.32 Å². The Morgan fingerprint density at radius 3 is 2.48 bits per heavy atom. The highest BCUT2D eigenvalue weighted by atomic mass is 35.5. The van der Waals surface area contributed by atoms with Crippen molar-refractivity contribution in [3.05, 3.63) is 63.6 Å². The number of rotatable bonds is 4. The van der Waals surface area contributed by atoms with Crippen LogP contribution < -0.4 is 10.6 Å². The molecule has 8 heteroatoms. The Morgan fingerprint density at radius 2 is 1.88 bits per heavy atom. The summed E-state index contributed by atoms with van der Waals surface area (Å²) >= 11 is 17.0. The van der Waals surface area contributed by atoms with Gasteiger partial charge in [0.1, 0.15) is 6.29 Å². The van der Waals surface area contributed by atoms with Gasteiger partial charge in [-0.3, -0.25) is 10.2 Å². The van der Waals surface area contributed by atoms with Crippen molar-refractivity contribution in [3.8, 4) is 6.07 Å². The van der Waals surface area contributed by atoms with E-state index in [4.69, 9.17) is 28.5 Å². The Bertz CT molecular complexity index is 757. The number of nitrogens with one attached hydrogen (secondary N) is 2. The highest BCUT2D eigenvalue weighted by Gasteiger charge is 2.25. The first-order valence-corrected chi connectivity index (χ1v) is 8.83. The Hall–Kier alpha value is -1.46. The van der Waals surface area contributed by atoms with Crippen molar-refractivity contribution < 1.29 is 0 Å². The molecular weight excluding hydrogens is 377 g/mol. The first-order valence-electron chi connectivity index (χ1n) is 7.67. The molecule has 0 aromatic heterocycles. The number of hydrogen-bond acceptors (Lipinski definition) is 6. The van der Waals surface area contributed by atoms with E-state index in [1.54, 1.807) is 12.1 Å². The van der Waals surface area contributed by atoms with Crippen LogP contribution >= 0.6 is 36.0 Å². The number of thiol groups is 1. The zero-order chi connectivity index (χ0) is 17.8. The summed E-state index contributed by atoms with van der Waals surface area (Å²) in [5, 5.41) is 16.9. The van der Waals surface area contributed by atoms with E-state index in [0.29, 0.717) is 35.5 Å². The quantitative estimate of drug-likeness (QED) is 0.690. The van der Waals surface area contributed by atoms with Crippen molar-refractivity contribution in [2.45, 2.75) is 12.8 Å². The molecule has 0 radical (unpaired) electrons. The normalized spacial score (nSPS) is 18.7. The topological polar surface area (TPSA) is 54.3 Å². The van der Waals surface area contributed by atoms with E-state index in [0.717, 1.165) is 11.3 Å². The number of benzene rings is 2. The molecule has 1 saturated heterocycles. The first-order chi connectivity index (χ1) is 12.1. The van der Waals surface area contributed by atoms with Crippen LogP contribution in [0.1, 0.15) is 11.1 Å². The van der Waals surface area contributed by atoms with Gasteiger partial charge in [0.15, 0.2) is 0 Å². The summed E-state index contributed by atoms with van der Waals surface area (Å²) in [6.45, 7) is 1.92. The Balaban J connectivity index is 1.59. The molecule has 25 heavy (non-hydrogen) atoms. The van der Waals surface area contributed by atoms with Gasteiger partial charge in [0.25, 0.3) is 0 Å². The predicted molar refractivity (Wildman–Crippen MR) is 104 cm³/mol. The molecule has 2 aromatic carbocycles. The van der Waals surface area contributed by atoms with E-state index in [2.05, 4.69) is 34.4 Å². The Morgan fingerprint density at radius 1 is 1.20 bits per heavy atom. The molecule has 3 rings (SSSR count). The maximum absolute atomic E-state index is 8.85. The van der Waals surface area contributed by atoms with Crippen LogP contribution in [0.3, 0.4) is 0 Å². The number of anilines is 1. The van der Waals surface area contributed by atoms with E-state index >= 15 is 0 Å². The maximum atomic E-state index is 8.85. The molecule has 2 N–H and O–H groups in total. The molecule has 130 valence electrons. The van der Waals surface area contributed by atoms with Crippen molar-refractivity contribution in [2.75, 3.05) is 18.7 Å². The number of nitrogens with zero attached hydrogens (tertiary/aromatic N) is 3. The third-order valence-electron chi connectivity index (χ3n) is 3.91. The summed E-state index contributed by atoms with van der Waals surface area (Å²) in [5.74, 6) is 0. The number of hydrogen-bond donors (Lipinski definition) is 3. The Labute approximate surface area is 162 Å². The van der Waals surface area contributed by atoms with Crippen LogP contribution in [0, 0.1) is 11.3 Å². The van der Waals surface area contributed by atoms with Gasteiger partial charge in [0, 0.05) is 27.8 Å². The van der Waals surface area contributed by atoms with Crippen LogP contribution in [-0.2, 0) is 6.54 Å². The fraction of sp³-hybridized carbons (Fsp3) is 0.235. The smallest absolute Gasteiger partial charge is 0.146 e. The molecule has 1 aliphatic rings. The fourth-order valence-corrected chi connectivity index (χ4v) is 3.43. The van der Waals surface area contributed by atoms with Crippen molar-refractivity contribution in [1.29, 1.82) is 5.26 Å². The van der Waals surface area contributed by atoms with Gasteiger partial charge in [-0.2, -0.15) is 5.26 Å². The minimum absolute atomic E-state index is 0.130. The molecule has 0 amide bonds. The summed E-state index contributed by atoms with van der Waals surface area (Å²) in [6.07, 6.45) is -0.130. The molecule has 1 aliphatic heterocycles. The van der Waals surface area contributed by atoms with Gasteiger partial charge in [0.2, 0.25) is 0 Å². The minimum Gasteiger partial charge on any atom is -0.357 e. The monoisotopic (exact) mass is 393 g/mol. The van der Waals surface area contributed by atoms with Gasteiger partial charge in [0.05, 0.1) is 25.0 Å². The lowest BCUT2D eigenvalue weighted by atomic mass is 10.2. The summed E-state index contributed by atoms with van der Waals surface area (Å²) in [5.41, 5.74) is 2.46. The third kappa shape index (κ3) is 4.59. The standard InChI is InChI=1S/C17H17Cl2N5S/c18-15-2-1-3-16(19)14(15)9-23-10-21-17(24(25)11-23)22-13-6-4-12(8-20)5-7-13/h1-7,17,21-22,25H,9-11H2. The Kier molecular flexibility index (Phi) is 6.07. The van der Waals surface area contributed by atoms with Crippen LogP contribution in [0.2, 0.25) is 10.0 Å². The van der Waals surface area contributed by atoms with Gasteiger partial charge >= 0.3 is 0 Å². The van der Waals surface area contributed by atoms with Crippen LogP contribution in [0.15, 0.2) is 42.5 Å². The van der Waals surface area contributed by atoms with Crippen LogP contribution in [-0.4, -0.2) is 28.8 Å². The van der Waals surface area contributed by atoms with Gasteiger partial charge in [-0.15, -0.1) is 0 Å². The lowest BCUT2D eigenvalue weighted by molar-refractivity contribution is 0.0919. The molecule has 5 nitrogen and oxygen atoms in total. The molecule has 1 heterocycles. The second-order valence-electron chi connectivity index (χ2n) is 5.71. The average molecular weight is 394 g/mol. The van der Waals surface area contributed by atoms with E-state index in [-0.39, 0.29) is 6.29 Å². The summed E-state index contributed by atoms with van der Waals surface area (Å²) in [6, 6.07) is 14.9. The molecule has 1 atom stereocenters. The summed E-state index contributed by atoms with van der Waals surface area (Å²) in [4.78, 5) is 2.15. The van der Waals surface area contributed by atoms with E-state index in [1.807, 2.05) is 34.6 Å². The van der Waals surface area contributed by atoms with E-state index < -0.39 is 0 Å². The van der Waals surface area contributed by atoms with Gasteiger partial charge in [-0.25, -0.2) is 4.31 Å². The molecule has 2 aromatic rings. The van der Waals surface area contributed by atoms with Crippen LogP contribution in [0.4, 0.5) is 5.69 Å². The molecule has 0 aliphatic carbocycles. The largest absolute Gasteiger partial charge is 0.357 e. The van der Waals surface area contributed by atoms with Gasteiger partial charge in [-0.1, -0.05) is 42.1 Å². The lowest BCUT2D eigenvalue weighted by Gasteiger charge is -2.40. The van der Waals surface area contributed by atoms with Crippen LogP contribution in [0.25, 0.3) is 0 Å². The summed E-state index contributed by atoms with van der Waals surface area (Å²) < 4.78 is 1.85. The summed E-state index contributed by atoms with van der Waals surface area (Å²) in [7, 11) is 0. The van der Waals surface area contributed by atoms with Crippen molar-refractivity contribution >= 4 is 41.7 Å². The van der Waals surface area contributed by atoms with Crippen LogP contribution in [0.5, 0.6) is 0 Å². The molecule has 0 saturated carbocycles. The second kappa shape index (κ2) is 8.28. The molecule has 1 unspecified atom stereocenters. The SMILES string of the molecule is N#Cc1ccc(NC2NCN(Cc3c(Cl)cccc3Cl)CN2S)cc1. The third-order valence-corrected chi connectivity index (χ3v) is 4.98. The number of nitriles is 1. The lowest BCUT2D eigenvalue weighted by Crippen LogP contribution is -2.58. The molecular formula is C17H17Cl2N5S. The van der Waals surface area contributed by atoms with Crippen molar-refractivity contribution in [1.82, 2.24) is 14.5 Å².